The molecule has 1 aromatic carbocycles. The molecule has 5 N–H and O–H groups in total. The van der Waals surface area contributed by atoms with Crippen LogP contribution in [0.1, 0.15) is 36.2 Å². The smallest absolute Gasteiger partial charge is 0.276 e. The molecule has 1 aliphatic rings. The Morgan fingerprint density at radius 2 is 1.85 bits per heavy atom. The number of nitrogens with one attached hydrogen (secondary N) is 3. The van der Waals surface area contributed by atoms with Crippen molar-refractivity contribution < 1.29 is 4.79 Å². The summed E-state index contributed by atoms with van der Waals surface area (Å²) >= 11 is 2.14. The third-order valence-electron chi connectivity index (χ3n) is 5.90. The number of aromatic nitrogens is 4. The number of fused-ring (bicyclic) bond motifs is 1. The summed E-state index contributed by atoms with van der Waals surface area (Å²) in [6.45, 7) is 0. The lowest BCUT2D eigenvalue weighted by molar-refractivity contribution is 0.102. The van der Waals surface area contributed by atoms with Crippen molar-refractivity contribution in [2.24, 2.45) is 5.73 Å². The number of imidazole rings is 1. The molecule has 0 bridgehead atoms. The zero-order chi connectivity index (χ0) is 23.5. The second kappa shape index (κ2) is 9.94. The van der Waals surface area contributed by atoms with E-state index < -0.39 is 0 Å². The summed E-state index contributed by atoms with van der Waals surface area (Å²) < 4.78 is 2.44. The first-order valence-corrected chi connectivity index (χ1v) is 12.3. The van der Waals surface area contributed by atoms with Gasteiger partial charge in [-0.1, -0.05) is 18.2 Å². The average Bonchev–Trinajstić information content (AvgIpc) is 3.27. The number of hydrogen-bond donors (Lipinski definition) is 4. The van der Waals surface area contributed by atoms with Gasteiger partial charge in [0, 0.05) is 36.2 Å². The fourth-order valence-electron chi connectivity index (χ4n) is 4.10. The van der Waals surface area contributed by atoms with Crippen molar-refractivity contribution in [3.05, 3.63) is 70.3 Å². The van der Waals surface area contributed by atoms with Gasteiger partial charge in [0.05, 0.1) is 21.1 Å². The third kappa shape index (κ3) is 4.97. The lowest BCUT2D eigenvalue weighted by Gasteiger charge is -2.27. The maximum Gasteiger partial charge on any atom is 0.276 e. The number of nitrogens with two attached hydrogens (primary N) is 1. The quantitative estimate of drug-likeness (QED) is 0.254. The summed E-state index contributed by atoms with van der Waals surface area (Å²) in [5.74, 6) is 0.382. The molecule has 0 radical (unpaired) electrons. The summed E-state index contributed by atoms with van der Waals surface area (Å²) in [7, 11) is 0. The molecule has 34 heavy (non-hydrogen) atoms. The lowest BCUT2D eigenvalue weighted by Crippen LogP contribution is -2.33. The number of para-hydroxylation sites is 1. The standard InChI is InChI=1S/C24H25IN8O/c25-18-13-27-11-10-19(18)31-24(34)21-14-28-23-20(29-16-4-2-1-3-5-16)12-22(32-33(21)23)30-17-8-6-15(26)7-9-17/h1-5,10-15,17,29H,6-9,26H2,(H,30,32)(H,27,31,34)/t15-,17-. The minimum Gasteiger partial charge on any atom is -0.366 e. The SMILES string of the molecule is N[C@H]1CC[C@H](Nc2cc(Nc3ccccc3)c3ncc(C(=O)Nc4ccncc4I)n3n2)CC1. The Hall–Kier alpha value is -3.25. The van der Waals surface area contributed by atoms with Crippen LogP contribution in [0.5, 0.6) is 0 Å². The van der Waals surface area contributed by atoms with Crippen LogP contribution in [-0.2, 0) is 0 Å². The van der Waals surface area contributed by atoms with E-state index in [0.29, 0.717) is 22.8 Å². The van der Waals surface area contributed by atoms with Crippen LogP contribution >= 0.6 is 22.6 Å². The van der Waals surface area contributed by atoms with E-state index in [-0.39, 0.29) is 18.0 Å². The fourth-order valence-corrected chi connectivity index (χ4v) is 4.57. The Kier molecular flexibility index (Phi) is 6.59. The van der Waals surface area contributed by atoms with Crippen molar-refractivity contribution in [3.8, 4) is 0 Å². The minimum absolute atomic E-state index is 0.267. The van der Waals surface area contributed by atoms with Crippen molar-refractivity contribution >= 4 is 57.0 Å². The number of carbonyl (C=O) groups excluding carboxylic acids is 1. The number of amides is 1. The molecule has 1 saturated carbocycles. The molecule has 0 atom stereocenters. The number of carbonyl (C=O) groups is 1. The van der Waals surface area contributed by atoms with Gasteiger partial charge < -0.3 is 21.7 Å². The predicted octanol–water partition coefficient (Wildman–Crippen LogP) is 4.41. The highest BCUT2D eigenvalue weighted by Gasteiger charge is 2.21. The first-order valence-electron chi connectivity index (χ1n) is 11.2. The number of nitrogens with zero attached hydrogens (tertiary/aromatic N) is 4. The van der Waals surface area contributed by atoms with Crippen LogP contribution in [0.4, 0.5) is 22.9 Å². The number of benzene rings is 1. The molecule has 5 rings (SSSR count). The van der Waals surface area contributed by atoms with Crippen molar-refractivity contribution in [3.63, 3.8) is 0 Å². The largest absolute Gasteiger partial charge is 0.366 e. The highest BCUT2D eigenvalue weighted by Crippen LogP contribution is 2.27. The molecule has 3 heterocycles. The summed E-state index contributed by atoms with van der Waals surface area (Å²) in [6.07, 6.45) is 8.83. The molecule has 3 aromatic heterocycles. The van der Waals surface area contributed by atoms with Gasteiger partial charge in [-0.3, -0.25) is 9.78 Å². The molecule has 4 aromatic rings. The van der Waals surface area contributed by atoms with E-state index in [2.05, 4.69) is 48.5 Å². The normalized spacial score (nSPS) is 17.9. The van der Waals surface area contributed by atoms with Crippen LogP contribution in [0.15, 0.2) is 61.1 Å². The van der Waals surface area contributed by atoms with Gasteiger partial charge in [-0.15, -0.1) is 5.10 Å². The highest BCUT2D eigenvalue weighted by atomic mass is 127. The second-order valence-corrected chi connectivity index (χ2v) is 9.54. The summed E-state index contributed by atoms with van der Waals surface area (Å²) in [5, 5.41) is 14.6. The fraction of sp³-hybridized carbons (Fsp3) is 0.250. The number of hydrogen-bond acceptors (Lipinski definition) is 7. The van der Waals surface area contributed by atoms with Gasteiger partial charge in [0.15, 0.2) is 11.3 Å². The van der Waals surface area contributed by atoms with Crippen LogP contribution < -0.4 is 21.7 Å². The summed E-state index contributed by atoms with van der Waals surface area (Å²) in [6, 6.07) is 14.1. The van der Waals surface area contributed by atoms with Crippen LogP contribution in [0, 0.1) is 3.57 Å². The Labute approximate surface area is 210 Å². The molecular formula is C24H25IN8O. The molecule has 10 heteroatoms. The van der Waals surface area contributed by atoms with Crippen LogP contribution in [-0.4, -0.2) is 37.6 Å². The maximum atomic E-state index is 13.2. The maximum absolute atomic E-state index is 13.2. The number of halogens is 1. The summed E-state index contributed by atoms with van der Waals surface area (Å²) in [5.41, 5.74) is 9.34. The highest BCUT2D eigenvalue weighted by molar-refractivity contribution is 14.1. The van der Waals surface area contributed by atoms with Gasteiger partial charge in [0.1, 0.15) is 5.82 Å². The van der Waals surface area contributed by atoms with Gasteiger partial charge in [-0.05, 0) is 66.5 Å². The van der Waals surface area contributed by atoms with Crippen molar-refractivity contribution in [2.75, 3.05) is 16.0 Å². The number of anilines is 4. The molecular weight excluding hydrogens is 543 g/mol. The van der Waals surface area contributed by atoms with Gasteiger partial charge in [-0.2, -0.15) is 0 Å². The molecule has 174 valence electrons. The van der Waals surface area contributed by atoms with E-state index in [1.54, 1.807) is 29.2 Å². The van der Waals surface area contributed by atoms with E-state index >= 15 is 0 Å². The minimum atomic E-state index is -0.296. The van der Waals surface area contributed by atoms with E-state index in [9.17, 15) is 4.79 Å². The van der Waals surface area contributed by atoms with Gasteiger partial charge in [0.25, 0.3) is 5.91 Å². The Balaban J connectivity index is 1.50. The topological polar surface area (TPSA) is 122 Å². The van der Waals surface area contributed by atoms with Crippen LogP contribution in [0.25, 0.3) is 5.65 Å². The van der Waals surface area contributed by atoms with E-state index in [0.717, 1.165) is 40.6 Å². The van der Waals surface area contributed by atoms with Gasteiger partial charge >= 0.3 is 0 Å². The zero-order valence-electron chi connectivity index (χ0n) is 18.4. The third-order valence-corrected chi connectivity index (χ3v) is 6.76. The van der Waals surface area contributed by atoms with Gasteiger partial charge in [-0.25, -0.2) is 9.50 Å². The zero-order valence-corrected chi connectivity index (χ0v) is 20.6. The molecule has 1 amide bonds. The molecule has 1 fully saturated rings. The lowest BCUT2D eigenvalue weighted by atomic mass is 9.92. The molecule has 0 aliphatic heterocycles. The van der Waals surface area contributed by atoms with Crippen LogP contribution in [0.2, 0.25) is 0 Å². The molecule has 0 unspecified atom stereocenters. The Morgan fingerprint density at radius 1 is 1.06 bits per heavy atom. The first-order chi connectivity index (χ1) is 16.6. The van der Waals surface area contributed by atoms with E-state index in [1.807, 2.05) is 36.4 Å². The first kappa shape index (κ1) is 22.5. The van der Waals surface area contributed by atoms with Crippen molar-refractivity contribution in [1.82, 2.24) is 19.6 Å². The van der Waals surface area contributed by atoms with Gasteiger partial charge in [0.2, 0.25) is 0 Å². The molecule has 0 spiro atoms. The van der Waals surface area contributed by atoms with Crippen molar-refractivity contribution in [1.29, 1.82) is 0 Å². The average molecular weight is 568 g/mol. The molecule has 1 aliphatic carbocycles. The van der Waals surface area contributed by atoms with E-state index in [1.165, 1.54) is 0 Å². The number of pyridine rings is 1. The van der Waals surface area contributed by atoms with Crippen molar-refractivity contribution in [2.45, 2.75) is 37.8 Å². The second-order valence-electron chi connectivity index (χ2n) is 8.38. The molecule has 0 saturated heterocycles. The van der Waals surface area contributed by atoms with E-state index in [4.69, 9.17) is 10.8 Å². The molecule has 9 nitrogen and oxygen atoms in total. The Bertz CT molecular complexity index is 1300. The number of rotatable bonds is 6. The Morgan fingerprint density at radius 3 is 2.62 bits per heavy atom. The summed E-state index contributed by atoms with van der Waals surface area (Å²) in [4.78, 5) is 21.7. The van der Waals surface area contributed by atoms with Crippen LogP contribution in [0.3, 0.4) is 0 Å². The monoisotopic (exact) mass is 568 g/mol. The predicted molar refractivity (Wildman–Crippen MR) is 141 cm³/mol.